The van der Waals surface area contributed by atoms with E-state index in [2.05, 4.69) is 59.2 Å². The van der Waals surface area contributed by atoms with Gasteiger partial charge in [0, 0.05) is 36.1 Å². The lowest BCUT2D eigenvalue weighted by molar-refractivity contribution is 0.319. The molecule has 0 bridgehead atoms. The molecular weight excluding hydrogens is 284 g/mol. The Balaban J connectivity index is 1.80. The summed E-state index contributed by atoms with van der Waals surface area (Å²) in [6, 6.07) is 0.634. The summed E-state index contributed by atoms with van der Waals surface area (Å²) in [6.07, 6.45) is 14.9. The molecule has 3 rings (SSSR count). The van der Waals surface area contributed by atoms with Crippen molar-refractivity contribution < 1.29 is 0 Å². The van der Waals surface area contributed by atoms with E-state index in [1.165, 1.54) is 43.5 Å². The average molecular weight is 314 g/mol. The molecule has 126 valence electrons. The first-order valence-electron chi connectivity index (χ1n) is 9.01. The van der Waals surface area contributed by atoms with E-state index in [1.807, 2.05) is 12.7 Å². The van der Waals surface area contributed by atoms with Crippen molar-refractivity contribution in [3.63, 3.8) is 0 Å². The summed E-state index contributed by atoms with van der Waals surface area (Å²) >= 11 is 0. The van der Waals surface area contributed by atoms with Crippen LogP contribution in [0.5, 0.6) is 0 Å². The van der Waals surface area contributed by atoms with Crippen molar-refractivity contribution in [2.75, 3.05) is 0 Å². The molecule has 2 aromatic rings. The van der Waals surface area contributed by atoms with E-state index in [0.717, 1.165) is 6.54 Å². The molecule has 1 aliphatic carbocycles. The Morgan fingerprint density at radius 1 is 1.17 bits per heavy atom. The van der Waals surface area contributed by atoms with Crippen LogP contribution in [0.25, 0.3) is 0 Å². The summed E-state index contributed by atoms with van der Waals surface area (Å²) in [5, 5.41) is 0. The smallest absolute Gasteiger partial charge is 0.0950 e. The van der Waals surface area contributed by atoms with Gasteiger partial charge in [-0.25, -0.2) is 9.97 Å². The normalized spacial score (nSPS) is 17.1. The average Bonchev–Trinajstić information content (AvgIpc) is 3.16. The summed E-state index contributed by atoms with van der Waals surface area (Å²) in [5.74, 6) is 0.479. The molecule has 4 nitrogen and oxygen atoms in total. The van der Waals surface area contributed by atoms with Gasteiger partial charge in [-0.3, -0.25) is 0 Å². The second-order valence-corrected chi connectivity index (χ2v) is 7.99. The van der Waals surface area contributed by atoms with Crippen molar-refractivity contribution >= 4 is 0 Å². The van der Waals surface area contributed by atoms with E-state index in [-0.39, 0.29) is 5.41 Å². The Morgan fingerprint density at radius 2 is 1.91 bits per heavy atom. The molecule has 0 unspecified atom stereocenters. The zero-order valence-electron chi connectivity index (χ0n) is 15.0. The van der Waals surface area contributed by atoms with E-state index in [0.29, 0.717) is 12.0 Å². The zero-order valence-corrected chi connectivity index (χ0v) is 15.0. The lowest BCUT2D eigenvalue weighted by atomic mass is 9.87. The van der Waals surface area contributed by atoms with Crippen LogP contribution in [-0.4, -0.2) is 19.1 Å². The number of hydrogen-bond acceptors (Lipinski definition) is 2. The van der Waals surface area contributed by atoms with Gasteiger partial charge in [-0.2, -0.15) is 0 Å². The molecule has 0 aliphatic heterocycles. The third-order valence-electron chi connectivity index (χ3n) is 5.15. The second kappa shape index (κ2) is 6.50. The molecule has 0 amide bonds. The van der Waals surface area contributed by atoms with Crippen molar-refractivity contribution in [3.8, 4) is 0 Å². The molecule has 0 radical (unpaired) electrons. The Kier molecular flexibility index (Phi) is 4.60. The number of imidazole rings is 2. The highest BCUT2D eigenvalue weighted by atomic mass is 15.1. The molecule has 1 fully saturated rings. The Bertz CT molecular complexity index is 629. The van der Waals surface area contributed by atoms with E-state index < -0.39 is 0 Å². The number of hydrogen-bond donors (Lipinski definition) is 0. The van der Waals surface area contributed by atoms with Gasteiger partial charge < -0.3 is 9.13 Å². The Labute approximate surface area is 140 Å². The van der Waals surface area contributed by atoms with Crippen LogP contribution in [0.1, 0.15) is 83.1 Å². The van der Waals surface area contributed by atoms with E-state index >= 15 is 0 Å². The minimum Gasteiger partial charge on any atom is -0.336 e. The van der Waals surface area contributed by atoms with Crippen LogP contribution in [0.3, 0.4) is 0 Å². The van der Waals surface area contributed by atoms with Gasteiger partial charge in [0.1, 0.15) is 0 Å². The lowest BCUT2D eigenvalue weighted by Crippen LogP contribution is -2.29. The van der Waals surface area contributed by atoms with Crippen LogP contribution in [0.2, 0.25) is 0 Å². The predicted octanol–water partition coefficient (Wildman–Crippen LogP) is 4.69. The van der Waals surface area contributed by atoms with Crippen LogP contribution < -0.4 is 0 Å². The summed E-state index contributed by atoms with van der Waals surface area (Å²) < 4.78 is 4.67. The molecule has 0 spiro atoms. The predicted molar refractivity (Wildman–Crippen MR) is 93.7 cm³/mol. The van der Waals surface area contributed by atoms with Crippen LogP contribution in [0.15, 0.2) is 25.0 Å². The van der Waals surface area contributed by atoms with E-state index in [1.54, 1.807) is 0 Å². The van der Waals surface area contributed by atoms with Gasteiger partial charge in [-0.05, 0) is 18.8 Å². The van der Waals surface area contributed by atoms with Crippen LogP contribution in [0.4, 0.5) is 0 Å². The summed E-state index contributed by atoms with van der Waals surface area (Å²) in [7, 11) is 0. The summed E-state index contributed by atoms with van der Waals surface area (Å²) in [5.41, 5.74) is 2.56. The molecule has 2 heterocycles. The first kappa shape index (κ1) is 16.3. The fraction of sp³-hybridized carbons (Fsp3) is 0.684. The van der Waals surface area contributed by atoms with Gasteiger partial charge in [0.05, 0.1) is 18.3 Å². The monoisotopic (exact) mass is 314 g/mol. The fourth-order valence-electron chi connectivity index (χ4n) is 3.78. The lowest BCUT2D eigenvalue weighted by Gasteiger charge is -2.31. The maximum absolute atomic E-state index is 4.53. The SMILES string of the molecule is CC(C)c1cn(CC(C)(C)c2cncn2C2CCCCC2)cn1. The third kappa shape index (κ3) is 3.51. The van der Waals surface area contributed by atoms with Crippen molar-refractivity contribution in [2.45, 2.75) is 83.7 Å². The molecule has 0 atom stereocenters. The molecular formula is C19H30N4. The fourth-order valence-corrected chi connectivity index (χ4v) is 3.78. The highest BCUT2D eigenvalue weighted by Gasteiger charge is 2.28. The molecule has 0 aromatic carbocycles. The largest absolute Gasteiger partial charge is 0.336 e. The second-order valence-electron chi connectivity index (χ2n) is 7.99. The van der Waals surface area contributed by atoms with Crippen molar-refractivity contribution in [1.82, 2.24) is 19.1 Å². The summed E-state index contributed by atoms with van der Waals surface area (Å²) in [6.45, 7) is 9.95. The van der Waals surface area contributed by atoms with Gasteiger partial charge in [0.25, 0.3) is 0 Å². The molecule has 0 saturated heterocycles. The van der Waals surface area contributed by atoms with E-state index in [4.69, 9.17) is 0 Å². The van der Waals surface area contributed by atoms with Crippen LogP contribution >= 0.6 is 0 Å². The van der Waals surface area contributed by atoms with Gasteiger partial charge >= 0.3 is 0 Å². The minimum absolute atomic E-state index is 0.0445. The highest BCUT2D eigenvalue weighted by molar-refractivity contribution is 5.14. The molecule has 2 aromatic heterocycles. The molecule has 23 heavy (non-hydrogen) atoms. The third-order valence-corrected chi connectivity index (χ3v) is 5.15. The molecule has 0 N–H and O–H groups in total. The summed E-state index contributed by atoms with van der Waals surface area (Å²) in [4.78, 5) is 9.01. The maximum atomic E-state index is 4.53. The zero-order chi connectivity index (χ0) is 16.4. The van der Waals surface area contributed by atoms with Crippen molar-refractivity contribution in [2.24, 2.45) is 0 Å². The number of aromatic nitrogens is 4. The molecule has 4 heteroatoms. The quantitative estimate of drug-likeness (QED) is 0.803. The maximum Gasteiger partial charge on any atom is 0.0950 e. The van der Waals surface area contributed by atoms with Crippen LogP contribution in [0, 0.1) is 0 Å². The number of nitrogens with zero attached hydrogens (tertiary/aromatic N) is 4. The van der Waals surface area contributed by atoms with Gasteiger partial charge in [0.2, 0.25) is 0 Å². The molecule has 1 saturated carbocycles. The Morgan fingerprint density at radius 3 is 2.57 bits per heavy atom. The van der Waals surface area contributed by atoms with Gasteiger partial charge in [-0.15, -0.1) is 0 Å². The Hall–Kier alpha value is -1.58. The number of rotatable bonds is 5. The van der Waals surface area contributed by atoms with Crippen LogP contribution in [-0.2, 0) is 12.0 Å². The molecule has 1 aliphatic rings. The van der Waals surface area contributed by atoms with E-state index in [9.17, 15) is 0 Å². The van der Waals surface area contributed by atoms with Gasteiger partial charge in [0.15, 0.2) is 0 Å². The van der Waals surface area contributed by atoms with Crippen molar-refractivity contribution in [3.05, 3.63) is 36.4 Å². The van der Waals surface area contributed by atoms with Gasteiger partial charge in [-0.1, -0.05) is 47.0 Å². The standard InChI is InChI=1S/C19H30N4/c1-15(2)17-11-22(14-21-17)12-19(3,4)18-10-20-13-23(18)16-8-6-5-7-9-16/h10-11,13-16H,5-9,12H2,1-4H3. The minimum atomic E-state index is 0.0445. The first-order chi connectivity index (χ1) is 11.0. The topological polar surface area (TPSA) is 35.6 Å². The highest BCUT2D eigenvalue weighted by Crippen LogP contribution is 2.33. The van der Waals surface area contributed by atoms with Crippen molar-refractivity contribution in [1.29, 1.82) is 0 Å². The first-order valence-corrected chi connectivity index (χ1v) is 9.01.